The molecule has 8 nitrogen and oxygen atoms in total. The lowest BCUT2D eigenvalue weighted by atomic mass is 10.2. The van der Waals surface area contributed by atoms with Crippen LogP contribution in [-0.4, -0.2) is 21.0 Å². The van der Waals surface area contributed by atoms with Crippen LogP contribution in [0.15, 0.2) is 55.1 Å². The number of H-pyrrole nitrogens is 1. The Balaban J connectivity index is 0.00000193. The van der Waals surface area contributed by atoms with Crippen LogP contribution in [0.25, 0.3) is 11.0 Å². The molecule has 3 aromatic heterocycles. The lowest BCUT2D eigenvalue weighted by Gasteiger charge is -2.12. The number of carbonyl (C=O) groups is 1. The number of urea groups is 1. The van der Waals surface area contributed by atoms with Gasteiger partial charge in [0, 0.05) is 53.4 Å². The van der Waals surface area contributed by atoms with Gasteiger partial charge in [-0.2, -0.15) is 5.26 Å². The number of carbonyl (C=O) groups excluding carboxylic acids is 1. The first-order valence-electron chi connectivity index (χ1n) is 9.02. The first-order valence-corrected chi connectivity index (χ1v) is 9.02. The summed E-state index contributed by atoms with van der Waals surface area (Å²) in [4.78, 5) is 22.7. The quantitative estimate of drug-likeness (QED) is 0.417. The molecule has 1 aromatic carbocycles. The average molecular weight is 426 g/mol. The molecule has 0 radical (unpaired) electrons. The van der Waals surface area contributed by atoms with Gasteiger partial charge in [0.05, 0.1) is 10.9 Å². The number of halogens is 2. The number of aromatic nitrogens is 3. The minimum absolute atomic E-state index is 0. The monoisotopic (exact) mass is 426 g/mol. The summed E-state index contributed by atoms with van der Waals surface area (Å²) in [6, 6.07) is 8.05. The molecule has 0 saturated heterocycles. The van der Waals surface area contributed by atoms with E-state index in [2.05, 4.69) is 25.6 Å². The van der Waals surface area contributed by atoms with Crippen molar-refractivity contribution in [3.8, 4) is 17.6 Å². The van der Waals surface area contributed by atoms with E-state index >= 15 is 0 Å². The molecule has 0 unspecified atom stereocenters. The van der Waals surface area contributed by atoms with Crippen molar-refractivity contribution in [2.75, 3.05) is 5.32 Å². The second-order valence-corrected chi connectivity index (χ2v) is 6.38. The van der Waals surface area contributed by atoms with E-state index in [4.69, 9.17) is 4.74 Å². The van der Waals surface area contributed by atoms with Gasteiger partial charge in [0.25, 0.3) is 0 Å². The fourth-order valence-electron chi connectivity index (χ4n) is 2.90. The number of fused-ring (bicyclic) bond motifs is 1. The molecular weight excluding hydrogens is 406 g/mol. The highest BCUT2D eigenvalue weighted by Crippen LogP contribution is 2.34. The molecule has 0 spiro atoms. The van der Waals surface area contributed by atoms with Crippen molar-refractivity contribution in [1.29, 1.82) is 5.26 Å². The third kappa shape index (κ3) is 4.25. The summed E-state index contributed by atoms with van der Waals surface area (Å²) in [5.74, 6) is -2.65. The van der Waals surface area contributed by atoms with Crippen LogP contribution in [0.4, 0.5) is 19.3 Å². The van der Waals surface area contributed by atoms with Crippen LogP contribution in [0.2, 0.25) is 0 Å². The van der Waals surface area contributed by atoms with Gasteiger partial charge in [0.2, 0.25) is 0 Å². The summed E-state index contributed by atoms with van der Waals surface area (Å²) in [7, 11) is 0. The fraction of sp³-hybridized carbons (Fsp3) is 0.0476. The second kappa shape index (κ2) is 8.46. The van der Waals surface area contributed by atoms with Crippen LogP contribution in [0.3, 0.4) is 0 Å². The highest BCUT2D eigenvalue weighted by Gasteiger charge is 2.18. The number of ether oxygens (including phenoxy) is 1. The van der Waals surface area contributed by atoms with Crippen molar-refractivity contribution >= 4 is 22.8 Å². The first kappa shape index (κ1) is 19.8. The summed E-state index contributed by atoms with van der Waals surface area (Å²) in [6.07, 6.45) is 5.98. The molecular formula is C21H20F2N6O2. The zero-order valence-electron chi connectivity index (χ0n) is 15.8. The lowest BCUT2D eigenvalue weighted by molar-refractivity contribution is 0.251. The highest BCUT2D eigenvalue weighted by molar-refractivity contribution is 5.90. The number of hydrogen-bond donors (Lipinski definition) is 3. The number of hydrogen-bond acceptors (Lipinski definition) is 5. The van der Waals surface area contributed by atoms with E-state index in [0.29, 0.717) is 11.0 Å². The molecule has 10 heteroatoms. The molecule has 2 amide bonds. The summed E-state index contributed by atoms with van der Waals surface area (Å²) in [5, 5.41) is 14.5. The van der Waals surface area contributed by atoms with Crippen molar-refractivity contribution in [3.63, 3.8) is 0 Å². The molecule has 4 aromatic rings. The molecule has 0 atom stereocenters. The Labute approximate surface area is 179 Å². The van der Waals surface area contributed by atoms with Gasteiger partial charge in [-0.25, -0.2) is 18.6 Å². The number of pyridine rings is 2. The van der Waals surface area contributed by atoms with E-state index in [1.54, 1.807) is 24.5 Å². The van der Waals surface area contributed by atoms with E-state index in [-0.39, 0.29) is 27.8 Å². The van der Waals surface area contributed by atoms with Gasteiger partial charge in [-0.3, -0.25) is 4.98 Å². The summed E-state index contributed by atoms with van der Waals surface area (Å²) in [6.45, 7) is 0.219. The maximum atomic E-state index is 14.6. The van der Waals surface area contributed by atoms with Crippen molar-refractivity contribution in [1.82, 2.24) is 20.3 Å². The first-order chi connectivity index (χ1) is 15.0. The fourth-order valence-corrected chi connectivity index (χ4v) is 2.90. The average Bonchev–Trinajstić information content (AvgIpc) is 3.20. The van der Waals surface area contributed by atoms with E-state index in [0.717, 1.165) is 17.7 Å². The summed E-state index contributed by atoms with van der Waals surface area (Å²) >= 11 is 0. The number of rotatable bonds is 5. The van der Waals surface area contributed by atoms with Gasteiger partial charge < -0.3 is 20.4 Å². The smallest absolute Gasteiger partial charge is 0.319 e. The lowest BCUT2D eigenvalue weighted by Crippen LogP contribution is -2.28. The van der Waals surface area contributed by atoms with Gasteiger partial charge in [0.15, 0.2) is 17.4 Å². The minimum Gasteiger partial charge on any atom is -0.450 e. The summed E-state index contributed by atoms with van der Waals surface area (Å²) in [5.41, 5.74) is 1.30. The molecule has 160 valence electrons. The largest absolute Gasteiger partial charge is 0.450 e. The number of nitrogens with zero attached hydrogens (tertiary/aromatic N) is 3. The third-order valence-corrected chi connectivity index (χ3v) is 4.33. The number of nitriles is 1. The van der Waals surface area contributed by atoms with Gasteiger partial charge in [-0.05, 0) is 23.8 Å². The van der Waals surface area contributed by atoms with Crippen molar-refractivity contribution < 1.29 is 22.6 Å². The molecule has 0 fully saturated rings. The van der Waals surface area contributed by atoms with Gasteiger partial charge in [0.1, 0.15) is 17.5 Å². The van der Waals surface area contributed by atoms with Gasteiger partial charge in [-0.15, -0.1) is 0 Å². The van der Waals surface area contributed by atoms with E-state index < -0.39 is 23.4 Å². The second-order valence-electron chi connectivity index (χ2n) is 6.38. The third-order valence-electron chi connectivity index (χ3n) is 4.33. The topological polar surface area (TPSA) is 116 Å². The van der Waals surface area contributed by atoms with Crippen LogP contribution in [0, 0.1) is 23.0 Å². The molecule has 0 bridgehead atoms. The highest BCUT2D eigenvalue weighted by atomic mass is 19.1. The van der Waals surface area contributed by atoms with Gasteiger partial charge in [-0.1, -0.05) is 0 Å². The zero-order valence-corrected chi connectivity index (χ0v) is 15.8. The van der Waals surface area contributed by atoms with Crippen molar-refractivity contribution in [2.24, 2.45) is 0 Å². The Morgan fingerprint density at radius 1 is 1.19 bits per heavy atom. The Morgan fingerprint density at radius 2 is 1.94 bits per heavy atom. The molecule has 0 saturated carbocycles. The maximum Gasteiger partial charge on any atom is 0.319 e. The molecule has 31 heavy (non-hydrogen) atoms. The Morgan fingerprint density at radius 3 is 2.65 bits per heavy atom. The predicted octanol–water partition coefficient (Wildman–Crippen LogP) is 4.96. The molecule has 3 heterocycles. The zero-order chi connectivity index (χ0) is 21.8. The van der Waals surface area contributed by atoms with E-state index in [1.165, 1.54) is 18.5 Å². The number of amides is 2. The van der Waals surface area contributed by atoms with Crippen LogP contribution in [-0.2, 0) is 6.54 Å². The van der Waals surface area contributed by atoms with Crippen molar-refractivity contribution in [2.45, 2.75) is 6.54 Å². The molecule has 3 N–H and O–H groups in total. The van der Waals surface area contributed by atoms with Gasteiger partial charge >= 0.3 is 6.03 Å². The van der Waals surface area contributed by atoms with E-state index in [9.17, 15) is 18.8 Å². The van der Waals surface area contributed by atoms with Crippen LogP contribution in [0.5, 0.6) is 11.5 Å². The van der Waals surface area contributed by atoms with E-state index in [1.807, 2.05) is 6.07 Å². The Kier molecular flexibility index (Phi) is 5.40. The number of benzene rings is 1. The number of anilines is 1. The van der Waals surface area contributed by atoms with Crippen LogP contribution in [0.1, 0.15) is 15.4 Å². The summed E-state index contributed by atoms with van der Waals surface area (Å²) < 4.78 is 34.6. The van der Waals surface area contributed by atoms with Crippen molar-refractivity contribution in [3.05, 3.63) is 77.9 Å². The molecule has 0 aliphatic carbocycles. The molecule has 0 aliphatic rings. The molecule has 4 rings (SSSR count). The standard InChI is InChI=1S/C21H14F2N6O2.3H2/c22-15-7-14(29-21(30)28-10-12-1-4-25-5-2-12)8-16(23)19(15)31-17-3-6-26-20-18(17)13(9-24)11-27-20;;;/h1-8,11H,10H2,(H,26,27)(H2,28,29,30);3*1H. The molecule has 0 aliphatic heterocycles. The Bertz CT molecular complexity index is 1290. The SMILES string of the molecule is N#Cc1c[nH]c2nccc(Oc3c(F)cc(NC(=O)NCc4ccncc4)cc3F)c12.[HH].[HH].[HH]. The van der Waals surface area contributed by atoms with Crippen LogP contribution >= 0.6 is 0 Å². The minimum atomic E-state index is -1.02. The maximum absolute atomic E-state index is 14.6. The van der Waals surface area contributed by atoms with Crippen LogP contribution < -0.4 is 15.4 Å². The number of aromatic amines is 1. The normalized spacial score (nSPS) is 10.5. The predicted molar refractivity (Wildman–Crippen MR) is 114 cm³/mol. The Hall–Kier alpha value is -4.52. The number of nitrogens with one attached hydrogen (secondary N) is 3.